The molecule has 0 atom stereocenters. The Morgan fingerprint density at radius 3 is 2.88 bits per heavy atom. The van der Waals surface area contributed by atoms with Crippen molar-refractivity contribution in [2.75, 3.05) is 13.2 Å². The van der Waals surface area contributed by atoms with E-state index in [0.29, 0.717) is 18.2 Å². The van der Waals surface area contributed by atoms with Crippen LogP contribution in [0.4, 0.5) is 0 Å². The quantitative estimate of drug-likeness (QED) is 0.853. The molecule has 0 bridgehead atoms. The Labute approximate surface area is 141 Å². The monoisotopic (exact) mass is 328 g/mol. The van der Waals surface area contributed by atoms with Crippen LogP contribution < -0.4 is 0 Å². The van der Waals surface area contributed by atoms with Gasteiger partial charge in [0, 0.05) is 37.1 Å². The smallest absolute Gasteiger partial charge is 0.274 e. The Hall–Kier alpha value is -2.21. The summed E-state index contributed by atoms with van der Waals surface area (Å²) in [5.74, 6) is 0.323. The third-order valence-electron chi connectivity index (χ3n) is 4.62. The van der Waals surface area contributed by atoms with Crippen LogP contribution in [-0.4, -0.2) is 44.2 Å². The van der Waals surface area contributed by atoms with Crippen molar-refractivity contribution in [2.45, 2.75) is 44.6 Å². The first-order valence-electron chi connectivity index (χ1n) is 8.62. The second-order valence-electron chi connectivity index (χ2n) is 6.36. The summed E-state index contributed by atoms with van der Waals surface area (Å²) in [4.78, 5) is 18.4. The molecule has 3 rings (SSSR count). The van der Waals surface area contributed by atoms with Crippen LogP contribution in [0.15, 0.2) is 30.6 Å². The maximum atomic E-state index is 12.7. The lowest BCUT2D eigenvalue weighted by atomic mass is 9.87. The zero-order valence-electron chi connectivity index (χ0n) is 13.8. The summed E-state index contributed by atoms with van der Waals surface area (Å²) in [5, 5.41) is 16.5. The number of rotatable bonds is 6. The summed E-state index contributed by atoms with van der Waals surface area (Å²) in [6.45, 7) is 0.615. The minimum absolute atomic E-state index is 0.0775. The van der Waals surface area contributed by atoms with E-state index < -0.39 is 0 Å². The number of pyridine rings is 1. The number of hydrogen-bond acceptors (Lipinski definition) is 4. The van der Waals surface area contributed by atoms with Gasteiger partial charge in [-0.15, -0.1) is 0 Å². The van der Waals surface area contributed by atoms with Gasteiger partial charge in [-0.25, -0.2) is 0 Å². The van der Waals surface area contributed by atoms with Crippen molar-refractivity contribution in [1.82, 2.24) is 20.1 Å². The van der Waals surface area contributed by atoms with Crippen molar-refractivity contribution in [3.8, 4) is 0 Å². The van der Waals surface area contributed by atoms with Gasteiger partial charge in [0.05, 0.1) is 6.61 Å². The van der Waals surface area contributed by atoms with Gasteiger partial charge in [-0.2, -0.15) is 5.10 Å². The van der Waals surface area contributed by atoms with Gasteiger partial charge in [0.1, 0.15) is 5.69 Å². The maximum absolute atomic E-state index is 12.7. The van der Waals surface area contributed by atoms with Crippen LogP contribution in [0.3, 0.4) is 0 Å². The van der Waals surface area contributed by atoms with Crippen molar-refractivity contribution < 1.29 is 9.90 Å². The lowest BCUT2D eigenvalue weighted by Gasteiger charge is -2.21. The van der Waals surface area contributed by atoms with Crippen molar-refractivity contribution in [3.63, 3.8) is 0 Å². The molecule has 128 valence electrons. The summed E-state index contributed by atoms with van der Waals surface area (Å²) in [5.41, 5.74) is 2.42. The van der Waals surface area contributed by atoms with Crippen molar-refractivity contribution in [3.05, 3.63) is 47.5 Å². The second-order valence-corrected chi connectivity index (χ2v) is 6.36. The second kappa shape index (κ2) is 8.06. The van der Waals surface area contributed by atoms with E-state index in [1.54, 1.807) is 17.3 Å². The Kier molecular flexibility index (Phi) is 5.59. The molecule has 1 saturated carbocycles. The summed E-state index contributed by atoms with van der Waals surface area (Å²) in [7, 11) is 0. The number of hydrogen-bond donors (Lipinski definition) is 2. The number of aromatic amines is 1. The third kappa shape index (κ3) is 4.00. The normalized spacial score (nSPS) is 15.4. The first kappa shape index (κ1) is 16.6. The SMILES string of the molecule is O=C(c1cc(C2CCCCC2)[nH]n1)N(CCO)Cc1cccnc1. The van der Waals surface area contributed by atoms with Crippen molar-refractivity contribution >= 4 is 5.91 Å². The molecule has 2 aromatic heterocycles. The van der Waals surface area contributed by atoms with Crippen LogP contribution in [0.1, 0.15) is 59.8 Å². The number of carbonyl (C=O) groups is 1. The van der Waals surface area contributed by atoms with Crippen LogP contribution in [0.2, 0.25) is 0 Å². The minimum Gasteiger partial charge on any atom is -0.395 e. The molecule has 0 aliphatic heterocycles. The van der Waals surface area contributed by atoms with Crippen molar-refractivity contribution in [1.29, 1.82) is 0 Å². The average Bonchev–Trinajstić information content (AvgIpc) is 3.12. The molecule has 1 aliphatic carbocycles. The summed E-state index contributed by atoms with van der Waals surface area (Å²) >= 11 is 0. The number of aliphatic hydroxyl groups excluding tert-OH is 1. The molecular weight excluding hydrogens is 304 g/mol. The van der Waals surface area contributed by atoms with Gasteiger partial charge in [0.2, 0.25) is 0 Å². The number of aliphatic hydroxyl groups is 1. The van der Waals surface area contributed by atoms with E-state index in [-0.39, 0.29) is 19.1 Å². The fourth-order valence-electron chi connectivity index (χ4n) is 3.32. The van der Waals surface area contributed by atoms with Crippen molar-refractivity contribution in [2.24, 2.45) is 0 Å². The Morgan fingerprint density at radius 2 is 2.17 bits per heavy atom. The molecular formula is C18H24N4O2. The fraction of sp³-hybridized carbons (Fsp3) is 0.500. The van der Waals surface area contributed by atoms with Gasteiger partial charge in [-0.05, 0) is 30.5 Å². The van der Waals surface area contributed by atoms with Gasteiger partial charge < -0.3 is 10.0 Å². The molecule has 1 amide bonds. The molecule has 2 heterocycles. The lowest BCUT2D eigenvalue weighted by molar-refractivity contribution is 0.0701. The first-order valence-corrected chi connectivity index (χ1v) is 8.62. The summed E-state index contributed by atoms with van der Waals surface area (Å²) in [6.07, 6.45) is 9.53. The highest BCUT2D eigenvalue weighted by molar-refractivity contribution is 5.92. The Balaban J connectivity index is 1.71. The summed E-state index contributed by atoms with van der Waals surface area (Å²) < 4.78 is 0. The highest BCUT2D eigenvalue weighted by Gasteiger charge is 2.22. The number of aromatic nitrogens is 3. The number of carbonyl (C=O) groups excluding carboxylic acids is 1. The highest BCUT2D eigenvalue weighted by Crippen LogP contribution is 2.31. The molecule has 24 heavy (non-hydrogen) atoms. The molecule has 0 aromatic carbocycles. The van der Waals surface area contributed by atoms with E-state index in [4.69, 9.17) is 0 Å². The standard InChI is InChI=1S/C18H24N4O2/c23-10-9-22(13-14-5-4-8-19-12-14)18(24)17-11-16(20-21-17)15-6-2-1-3-7-15/h4-5,8,11-12,15,23H,1-3,6-7,9-10,13H2,(H,20,21). The molecule has 0 unspecified atom stereocenters. The lowest BCUT2D eigenvalue weighted by Crippen LogP contribution is -2.33. The molecule has 1 aliphatic rings. The largest absolute Gasteiger partial charge is 0.395 e. The molecule has 2 aromatic rings. The molecule has 6 heteroatoms. The predicted molar refractivity (Wildman–Crippen MR) is 90.5 cm³/mol. The van der Waals surface area contributed by atoms with Gasteiger partial charge in [0.15, 0.2) is 0 Å². The summed E-state index contributed by atoms with van der Waals surface area (Å²) in [6, 6.07) is 5.64. The number of nitrogens with one attached hydrogen (secondary N) is 1. The topological polar surface area (TPSA) is 82.1 Å². The first-order chi connectivity index (χ1) is 11.8. The molecule has 2 N–H and O–H groups in total. The van der Waals surface area contributed by atoms with Gasteiger partial charge in [-0.3, -0.25) is 14.9 Å². The Bertz CT molecular complexity index is 650. The van der Waals surface area contributed by atoms with Crippen LogP contribution in [0, 0.1) is 0 Å². The van der Waals surface area contributed by atoms with Crippen LogP contribution in [0.5, 0.6) is 0 Å². The zero-order valence-corrected chi connectivity index (χ0v) is 13.8. The Morgan fingerprint density at radius 1 is 1.33 bits per heavy atom. The van der Waals surface area contributed by atoms with Gasteiger partial charge in [0.25, 0.3) is 5.91 Å². The van der Waals surface area contributed by atoms with E-state index in [1.165, 1.54) is 19.3 Å². The van der Waals surface area contributed by atoms with Crippen LogP contribution in [-0.2, 0) is 6.54 Å². The zero-order chi connectivity index (χ0) is 16.8. The van der Waals surface area contributed by atoms with E-state index in [9.17, 15) is 9.90 Å². The average molecular weight is 328 g/mol. The predicted octanol–water partition coefficient (Wildman–Crippen LogP) is 2.49. The van der Waals surface area contributed by atoms with Gasteiger partial charge in [-0.1, -0.05) is 25.3 Å². The van der Waals surface area contributed by atoms with Crippen LogP contribution >= 0.6 is 0 Å². The van der Waals surface area contributed by atoms with E-state index >= 15 is 0 Å². The maximum Gasteiger partial charge on any atom is 0.274 e. The molecule has 6 nitrogen and oxygen atoms in total. The number of amides is 1. The number of H-pyrrole nitrogens is 1. The highest BCUT2D eigenvalue weighted by atomic mass is 16.3. The molecule has 0 spiro atoms. The van der Waals surface area contributed by atoms with E-state index in [1.807, 2.05) is 18.2 Å². The minimum atomic E-state index is -0.161. The van der Waals surface area contributed by atoms with E-state index in [2.05, 4.69) is 15.2 Å². The fourth-order valence-corrected chi connectivity index (χ4v) is 3.32. The molecule has 1 fully saturated rings. The third-order valence-corrected chi connectivity index (χ3v) is 4.62. The number of nitrogens with zero attached hydrogens (tertiary/aromatic N) is 3. The van der Waals surface area contributed by atoms with Gasteiger partial charge >= 0.3 is 0 Å². The van der Waals surface area contributed by atoms with Crippen LogP contribution in [0.25, 0.3) is 0 Å². The molecule has 0 saturated heterocycles. The molecule has 0 radical (unpaired) electrons. The van der Waals surface area contributed by atoms with E-state index in [0.717, 1.165) is 24.1 Å².